The molecule has 1 N–H and O–H groups in total. The highest BCUT2D eigenvalue weighted by atomic mass is 16.6. The molecule has 0 unspecified atom stereocenters. The van der Waals surface area contributed by atoms with Gasteiger partial charge in [0.25, 0.3) is 0 Å². The Bertz CT molecular complexity index is 1310. The molecule has 0 fully saturated rings. The van der Waals surface area contributed by atoms with E-state index in [1.54, 1.807) is 36.8 Å². The number of aryl methyl sites for hydroxylation is 1. The Morgan fingerprint density at radius 1 is 1.06 bits per heavy atom. The molecule has 0 aliphatic heterocycles. The molecular formula is C25H24N2O5. The smallest absolute Gasteiger partial charge is 0.414 e. The number of aromatic carboxylic acids is 1. The Morgan fingerprint density at radius 3 is 2.50 bits per heavy atom. The molecule has 32 heavy (non-hydrogen) atoms. The van der Waals surface area contributed by atoms with Crippen LogP contribution in [-0.2, 0) is 6.42 Å². The lowest BCUT2D eigenvalue weighted by Gasteiger charge is -2.14. The van der Waals surface area contributed by atoms with Gasteiger partial charge in [0.05, 0.1) is 23.9 Å². The summed E-state index contributed by atoms with van der Waals surface area (Å²) in [6, 6.07) is 17.0. The van der Waals surface area contributed by atoms with Gasteiger partial charge in [-0.3, -0.25) is 0 Å². The van der Waals surface area contributed by atoms with E-state index in [1.807, 2.05) is 49.4 Å². The third-order valence-corrected chi connectivity index (χ3v) is 5.20. The predicted octanol–water partition coefficient (Wildman–Crippen LogP) is 4.78. The molecule has 2 heterocycles. The van der Waals surface area contributed by atoms with Gasteiger partial charge in [-0.2, -0.15) is 0 Å². The third kappa shape index (κ3) is 4.09. The average molecular weight is 432 g/mol. The predicted molar refractivity (Wildman–Crippen MR) is 122 cm³/mol. The number of aromatic nitrogens is 1. The van der Waals surface area contributed by atoms with Crippen molar-refractivity contribution in [1.82, 2.24) is 9.30 Å². The molecule has 0 saturated carbocycles. The zero-order valence-electron chi connectivity index (χ0n) is 18.2. The monoisotopic (exact) mass is 432 g/mol. The average Bonchev–Trinajstić information content (AvgIpc) is 3.08. The number of pyridine rings is 1. The van der Waals surface area contributed by atoms with Crippen molar-refractivity contribution in [3.8, 4) is 11.5 Å². The Labute approximate surface area is 185 Å². The standard InChI is InChI=1S/C25H24N2O5/c1-16-9-10-19-20(13-16)27-15-18(32-25(30)26(2)3)14-21(23(27)22(19)24(28)29)31-12-11-17-7-5-4-6-8-17/h4-10,13-15H,11-12H2,1-3H3,(H,28,29). The van der Waals surface area contributed by atoms with Crippen LogP contribution in [0.1, 0.15) is 21.5 Å². The number of carboxylic acid groups (broad SMARTS) is 1. The Balaban J connectivity index is 1.85. The second-order valence-corrected chi connectivity index (χ2v) is 7.81. The quantitative estimate of drug-likeness (QED) is 0.474. The summed E-state index contributed by atoms with van der Waals surface area (Å²) in [4.78, 5) is 25.7. The first-order valence-electron chi connectivity index (χ1n) is 10.2. The lowest BCUT2D eigenvalue weighted by molar-refractivity contribution is 0.0700. The second kappa shape index (κ2) is 8.63. The number of carbonyl (C=O) groups is 2. The van der Waals surface area contributed by atoms with E-state index in [0.29, 0.717) is 35.2 Å². The van der Waals surface area contributed by atoms with Gasteiger partial charge < -0.3 is 23.9 Å². The number of hydrogen-bond acceptors (Lipinski definition) is 4. The lowest BCUT2D eigenvalue weighted by atomic mass is 10.1. The fraction of sp³-hybridized carbons (Fsp3) is 0.200. The fourth-order valence-electron chi connectivity index (χ4n) is 3.66. The van der Waals surface area contributed by atoms with Crippen molar-refractivity contribution < 1.29 is 24.2 Å². The van der Waals surface area contributed by atoms with Crippen molar-refractivity contribution in [3.63, 3.8) is 0 Å². The zero-order valence-corrected chi connectivity index (χ0v) is 18.2. The minimum atomic E-state index is -1.05. The maximum atomic E-state index is 12.2. The molecule has 1 amide bonds. The van der Waals surface area contributed by atoms with E-state index in [1.165, 1.54) is 4.90 Å². The number of hydrogen-bond donors (Lipinski definition) is 1. The highest BCUT2D eigenvalue weighted by molar-refractivity contribution is 6.12. The van der Waals surface area contributed by atoms with Crippen LogP contribution in [-0.4, -0.2) is 47.2 Å². The molecule has 0 atom stereocenters. The topological polar surface area (TPSA) is 80.5 Å². The van der Waals surface area contributed by atoms with Gasteiger partial charge in [-0.1, -0.05) is 42.5 Å². The van der Waals surface area contributed by atoms with E-state index in [0.717, 1.165) is 11.1 Å². The van der Waals surface area contributed by atoms with E-state index in [2.05, 4.69) is 0 Å². The molecule has 2 aromatic carbocycles. The van der Waals surface area contributed by atoms with Gasteiger partial charge in [0.1, 0.15) is 11.3 Å². The van der Waals surface area contributed by atoms with Crippen molar-refractivity contribution >= 4 is 28.5 Å². The maximum Gasteiger partial charge on any atom is 0.414 e. The summed E-state index contributed by atoms with van der Waals surface area (Å²) in [5.74, 6) is -0.440. The van der Waals surface area contributed by atoms with Crippen LogP contribution >= 0.6 is 0 Å². The van der Waals surface area contributed by atoms with Gasteiger partial charge in [0.2, 0.25) is 0 Å². The van der Waals surface area contributed by atoms with Gasteiger partial charge in [-0.15, -0.1) is 0 Å². The van der Waals surface area contributed by atoms with Crippen LogP contribution in [0, 0.1) is 6.92 Å². The summed E-state index contributed by atoms with van der Waals surface area (Å²) in [6.07, 6.45) is 1.73. The normalized spacial score (nSPS) is 11.0. The van der Waals surface area contributed by atoms with E-state index in [-0.39, 0.29) is 11.3 Å². The summed E-state index contributed by atoms with van der Waals surface area (Å²) in [7, 11) is 3.18. The number of fused-ring (bicyclic) bond motifs is 3. The van der Waals surface area contributed by atoms with Gasteiger partial charge in [-0.05, 0) is 24.1 Å². The van der Waals surface area contributed by atoms with Crippen molar-refractivity contribution in [2.45, 2.75) is 13.3 Å². The SMILES string of the molecule is Cc1ccc2c(C(=O)O)c3c(OCCc4ccccc4)cc(OC(=O)N(C)C)cn3c2c1. The number of nitrogens with zero attached hydrogens (tertiary/aromatic N) is 2. The second-order valence-electron chi connectivity index (χ2n) is 7.81. The van der Waals surface area contributed by atoms with Gasteiger partial charge in [0.15, 0.2) is 5.75 Å². The van der Waals surface area contributed by atoms with Crippen LogP contribution in [0.4, 0.5) is 4.79 Å². The number of amides is 1. The number of ether oxygens (including phenoxy) is 2. The summed E-state index contributed by atoms with van der Waals surface area (Å²) in [6.45, 7) is 2.27. The first-order valence-corrected chi connectivity index (χ1v) is 10.2. The molecule has 7 heteroatoms. The van der Waals surface area contributed by atoms with Crippen molar-refractivity contribution in [2.24, 2.45) is 0 Å². The summed E-state index contributed by atoms with van der Waals surface area (Å²) < 4.78 is 13.3. The number of carbonyl (C=O) groups excluding carboxylic acids is 1. The Morgan fingerprint density at radius 2 is 1.81 bits per heavy atom. The zero-order chi connectivity index (χ0) is 22.8. The van der Waals surface area contributed by atoms with Crippen molar-refractivity contribution in [2.75, 3.05) is 20.7 Å². The Kier molecular flexibility index (Phi) is 5.73. The van der Waals surface area contributed by atoms with E-state index < -0.39 is 12.1 Å². The third-order valence-electron chi connectivity index (χ3n) is 5.20. The largest absolute Gasteiger partial charge is 0.491 e. The van der Waals surface area contributed by atoms with Gasteiger partial charge in [-0.25, -0.2) is 9.59 Å². The molecule has 0 aliphatic carbocycles. The van der Waals surface area contributed by atoms with E-state index in [9.17, 15) is 14.7 Å². The lowest BCUT2D eigenvalue weighted by Crippen LogP contribution is -2.25. The molecular weight excluding hydrogens is 408 g/mol. The van der Waals surface area contributed by atoms with Gasteiger partial charge in [0, 0.05) is 32.0 Å². The van der Waals surface area contributed by atoms with Crippen LogP contribution in [0.15, 0.2) is 60.8 Å². The maximum absolute atomic E-state index is 12.2. The molecule has 0 spiro atoms. The van der Waals surface area contributed by atoms with Crippen LogP contribution < -0.4 is 9.47 Å². The van der Waals surface area contributed by atoms with Crippen molar-refractivity contribution in [1.29, 1.82) is 0 Å². The molecule has 0 aliphatic rings. The van der Waals surface area contributed by atoms with Crippen LogP contribution in [0.5, 0.6) is 11.5 Å². The first kappa shape index (κ1) is 21.2. The molecule has 0 bridgehead atoms. The molecule has 4 aromatic rings. The molecule has 164 valence electrons. The number of rotatable bonds is 6. The molecule has 4 rings (SSSR count). The fourth-order valence-corrected chi connectivity index (χ4v) is 3.66. The van der Waals surface area contributed by atoms with Crippen LogP contribution in [0.3, 0.4) is 0 Å². The summed E-state index contributed by atoms with van der Waals surface area (Å²) in [5.41, 5.74) is 3.37. The highest BCUT2D eigenvalue weighted by Crippen LogP contribution is 2.36. The molecule has 7 nitrogen and oxygen atoms in total. The molecule has 2 aromatic heterocycles. The van der Waals surface area contributed by atoms with Gasteiger partial charge >= 0.3 is 12.1 Å². The van der Waals surface area contributed by atoms with E-state index in [4.69, 9.17) is 9.47 Å². The Hall–Kier alpha value is -4.00. The number of benzene rings is 2. The van der Waals surface area contributed by atoms with E-state index >= 15 is 0 Å². The van der Waals surface area contributed by atoms with Crippen LogP contribution in [0.2, 0.25) is 0 Å². The minimum absolute atomic E-state index is 0.153. The minimum Gasteiger partial charge on any atom is -0.491 e. The highest BCUT2D eigenvalue weighted by Gasteiger charge is 2.23. The summed E-state index contributed by atoms with van der Waals surface area (Å²) in [5, 5.41) is 10.6. The molecule has 0 radical (unpaired) electrons. The van der Waals surface area contributed by atoms with Crippen molar-refractivity contribution in [3.05, 3.63) is 77.5 Å². The summed E-state index contributed by atoms with van der Waals surface area (Å²) >= 11 is 0. The molecule has 0 saturated heterocycles. The first-order chi connectivity index (χ1) is 15.3. The number of carboxylic acids is 1. The van der Waals surface area contributed by atoms with Crippen LogP contribution in [0.25, 0.3) is 16.4 Å².